The number of nitrogens with zero attached hydrogens (tertiary/aromatic N) is 1. The Morgan fingerprint density at radius 3 is 2.48 bits per heavy atom. The molecule has 1 saturated heterocycles. The molecule has 1 atom stereocenters. The van der Waals surface area contributed by atoms with Crippen molar-refractivity contribution in [2.45, 2.75) is 32.4 Å². The fourth-order valence-electron chi connectivity index (χ4n) is 3.96. The Balaban J connectivity index is 1.33. The zero-order valence-electron chi connectivity index (χ0n) is 19.0. The zero-order valence-corrected chi connectivity index (χ0v) is 19.0. The molecule has 3 aromatic rings. The van der Waals surface area contributed by atoms with Crippen molar-refractivity contribution in [1.29, 1.82) is 0 Å². The first-order valence-corrected chi connectivity index (χ1v) is 11.2. The number of rotatable bonds is 8. The topological polar surface area (TPSA) is 70.7 Å². The van der Waals surface area contributed by atoms with Gasteiger partial charge in [0, 0.05) is 42.5 Å². The van der Waals surface area contributed by atoms with Crippen molar-refractivity contribution in [3.8, 4) is 5.75 Å². The number of hydrogen-bond donors (Lipinski definition) is 2. The molecule has 2 amide bonds. The molecule has 6 heteroatoms. The molecule has 1 unspecified atom stereocenters. The van der Waals surface area contributed by atoms with Crippen LogP contribution in [-0.4, -0.2) is 25.5 Å². The maximum Gasteiger partial charge on any atom is 0.255 e. The number of benzene rings is 3. The summed E-state index contributed by atoms with van der Waals surface area (Å²) in [6.07, 6.45) is 1.57. The van der Waals surface area contributed by atoms with Gasteiger partial charge in [0.1, 0.15) is 5.75 Å². The Hall–Kier alpha value is -3.64. The van der Waals surface area contributed by atoms with Gasteiger partial charge in [-0.15, -0.1) is 0 Å². The minimum Gasteiger partial charge on any atom is -0.497 e. The molecule has 1 fully saturated rings. The Morgan fingerprint density at radius 1 is 1.06 bits per heavy atom. The van der Waals surface area contributed by atoms with Gasteiger partial charge in [-0.1, -0.05) is 24.3 Å². The van der Waals surface area contributed by atoms with E-state index in [1.807, 2.05) is 41.3 Å². The van der Waals surface area contributed by atoms with Crippen LogP contribution in [0.1, 0.15) is 47.3 Å². The van der Waals surface area contributed by atoms with Gasteiger partial charge in [-0.2, -0.15) is 0 Å². The number of carbonyl (C=O) groups is 2. The number of nitrogens with one attached hydrogen (secondary N) is 2. The summed E-state index contributed by atoms with van der Waals surface area (Å²) in [6.45, 7) is 3.59. The molecule has 1 heterocycles. The molecule has 170 valence electrons. The highest BCUT2D eigenvalue weighted by Crippen LogP contribution is 2.24. The van der Waals surface area contributed by atoms with Crippen LogP contribution in [0.4, 0.5) is 11.4 Å². The third-order valence-electron chi connectivity index (χ3n) is 5.93. The second kappa shape index (κ2) is 10.3. The molecule has 4 rings (SSSR count). The molecular weight excluding hydrogens is 414 g/mol. The van der Waals surface area contributed by atoms with E-state index in [0.717, 1.165) is 35.5 Å². The second-order valence-corrected chi connectivity index (χ2v) is 8.23. The van der Waals surface area contributed by atoms with Gasteiger partial charge in [-0.3, -0.25) is 9.59 Å². The third kappa shape index (κ3) is 5.59. The number of ether oxygens (including phenoxy) is 1. The predicted molar refractivity (Wildman–Crippen MR) is 131 cm³/mol. The second-order valence-electron chi connectivity index (χ2n) is 8.23. The van der Waals surface area contributed by atoms with Crippen LogP contribution in [0.15, 0.2) is 72.8 Å². The van der Waals surface area contributed by atoms with Crippen LogP contribution in [-0.2, 0) is 11.3 Å². The van der Waals surface area contributed by atoms with Crippen LogP contribution in [0.3, 0.4) is 0 Å². The summed E-state index contributed by atoms with van der Waals surface area (Å²) < 4.78 is 5.14. The normalized spacial score (nSPS) is 14.2. The van der Waals surface area contributed by atoms with Crippen molar-refractivity contribution in [3.63, 3.8) is 0 Å². The summed E-state index contributed by atoms with van der Waals surface area (Å²) in [5, 5.41) is 6.48. The number of carbonyl (C=O) groups excluding carboxylic acids is 2. The van der Waals surface area contributed by atoms with E-state index in [9.17, 15) is 9.59 Å². The molecule has 1 aliphatic rings. The number of methoxy groups -OCH3 is 1. The third-order valence-corrected chi connectivity index (χ3v) is 5.93. The summed E-state index contributed by atoms with van der Waals surface area (Å²) in [5.74, 6) is 0.758. The number of hydrogen-bond acceptors (Lipinski definition) is 4. The van der Waals surface area contributed by atoms with Gasteiger partial charge >= 0.3 is 0 Å². The van der Waals surface area contributed by atoms with E-state index < -0.39 is 0 Å². The molecule has 0 spiro atoms. The first kappa shape index (κ1) is 22.6. The van der Waals surface area contributed by atoms with Crippen LogP contribution in [0.2, 0.25) is 0 Å². The van der Waals surface area contributed by atoms with Crippen LogP contribution < -0.4 is 20.3 Å². The molecule has 0 radical (unpaired) electrons. The number of amides is 2. The van der Waals surface area contributed by atoms with Crippen LogP contribution >= 0.6 is 0 Å². The lowest BCUT2D eigenvalue weighted by Gasteiger charge is -2.18. The summed E-state index contributed by atoms with van der Waals surface area (Å²) in [7, 11) is 1.60. The molecule has 33 heavy (non-hydrogen) atoms. The van der Waals surface area contributed by atoms with Gasteiger partial charge in [0.05, 0.1) is 7.11 Å². The molecule has 0 saturated carbocycles. The first-order valence-electron chi connectivity index (χ1n) is 11.2. The zero-order chi connectivity index (χ0) is 23.2. The lowest BCUT2D eigenvalue weighted by atomic mass is 10.1. The summed E-state index contributed by atoms with van der Waals surface area (Å²) >= 11 is 0. The van der Waals surface area contributed by atoms with E-state index in [2.05, 4.69) is 29.7 Å². The quantitative estimate of drug-likeness (QED) is 0.518. The highest BCUT2D eigenvalue weighted by atomic mass is 16.5. The van der Waals surface area contributed by atoms with Crippen molar-refractivity contribution >= 4 is 23.2 Å². The van der Waals surface area contributed by atoms with Gasteiger partial charge in [0.25, 0.3) is 5.91 Å². The molecule has 2 N–H and O–H groups in total. The fraction of sp³-hybridized carbons (Fsp3) is 0.259. The number of anilines is 2. The fourth-order valence-corrected chi connectivity index (χ4v) is 3.96. The van der Waals surface area contributed by atoms with Crippen molar-refractivity contribution in [2.24, 2.45) is 0 Å². The van der Waals surface area contributed by atoms with Crippen molar-refractivity contribution < 1.29 is 14.3 Å². The predicted octanol–water partition coefficient (Wildman–Crippen LogP) is 4.93. The molecule has 0 aromatic heterocycles. The van der Waals surface area contributed by atoms with Crippen LogP contribution in [0.25, 0.3) is 0 Å². The van der Waals surface area contributed by atoms with Crippen LogP contribution in [0, 0.1) is 0 Å². The maximum absolute atomic E-state index is 12.5. The van der Waals surface area contributed by atoms with Gasteiger partial charge < -0.3 is 20.3 Å². The smallest absolute Gasteiger partial charge is 0.255 e. The SMILES string of the molecule is COc1ccc(C(=O)Nc2cccc(CNC(C)c3ccc(N4CCCC4=O)cc3)c2)cc1. The Labute approximate surface area is 194 Å². The highest BCUT2D eigenvalue weighted by molar-refractivity contribution is 6.04. The largest absolute Gasteiger partial charge is 0.497 e. The van der Waals surface area contributed by atoms with Gasteiger partial charge in [0.2, 0.25) is 5.91 Å². The van der Waals surface area contributed by atoms with Crippen molar-refractivity contribution in [1.82, 2.24) is 5.32 Å². The molecular formula is C27H29N3O3. The lowest BCUT2D eigenvalue weighted by molar-refractivity contribution is -0.117. The van der Waals surface area contributed by atoms with E-state index in [0.29, 0.717) is 24.3 Å². The molecule has 3 aromatic carbocycles. The van der Waals surface area contributed by atoms with E-state index in [1.54, 1.807) is 31.4 Å². The highest BCUT2D eigenvalue weighted by Gasteiger charge is 2.21. The summed E-state index contributed by atoms with van der Waals surface area (Å²) in [4.78, 5) is 26.3. The minimum absolute atomic E-state index is 0.144. The summed E-state index contributed by atoms with van der Waals surface area (Å²) in [5.41, 5.74) is 4.53. The standard InChI is InChI=1S/C27H29N3O3/c1-19(21-8-12-24(13-9-21)30-16-4-7-26(30)31)28-18-20-5-3-6-23(17-20)29-27(32)22-10-14-25(33-2)15-11-22/h3,5-6,8-15,17,19,28H,4,7,16,18H2,1-2H3,(H,29,32). The van der Waals surface area contributed by atoms with Gasteiger partial charge in [-0.25, -0.2) is 0 Å². The monoisotopic (exact) mass is 443 g/mol. The average Bonchev–Trinajstić information content (AvgIpc) is 3.28. The lowest BCUT2D eigenvalue weighted by Crippen LogP contribution is -2.23. The Kier molecular flexibility index (Phi) is 7.05. The van der Waals surface area contributed by atoms with Crippen molar-refractivity contribution in [3.05, 3.63) is 89.5 Å². The van der Waals surface area contributed by atoms with Crippen molar-refractivity contribution in [2.75, 3.05) is 23.9 Å². The maximum atomic E-state index is 12.5. The van der Waals surface area contributed by atoms with E-state index in [4.69, 9.17) is 4.74 Å². The molecule has 0 bridgehead atoms. The Morgan fingerprint density at radius 2 is 1.82 bits per heavy atom. The van der Waals surface area contributed by atoms with E-state index in [-0.39, 0.29) is 17.9 Å². The van der Waals surface area contributed by atoms with Gasteiger partial charge in [-0.05, 0) is 73.0 Å². The molecule has 1 aliphatic heterocycles. The van der Waals surface area contributed by atoms with Gasteiger partial charge in [0.15, 0.2) is 0 Å². The summed E-state index contributed by atoms with van der Waals surface area (Å²) in [6, 6.07) is 23.2. The average molecular weight is 444 g/mol. The molecule has 6 nitrogen and oxygen atoms in total. The van der Waals surface area contributed by atoms with E-state index in [1.165, 1.54) is 0 Å². The minimum atomic E-state index is -0.160. The first-order chi connectivity index (χ1) is 16.0. The Bertz CT molecular complexity index is 1110. The molecule has 0 aliphatic carbocycles. The van der Waals surface area contributed by atoms with E-state index >= 15 is 0 Å². The van der Waals surface area contributed by atoms with Crippen LogP contribution in [0.5, 0.6) is 5.75 Å².